The Kier molecular flexibility index (Phi) is 3.26. The minimum Gasteiger partial charge on any atom is -0.358 e. The first-order valence-electron chi connectivity index (χ1n) is 5.12. The van der Waals surface area contributed by atoms with Crippen molar-refractivity contribution in [1.82, 2.24) is 9.71 Å². The molecule has 86 valence electrons. The summed E-state index contributed by atoms with van der Waals surface area (Å²) in [4.78, 5) is 3.29. The monoisotopic (exact) mass is 238 g/mol. The first-order chi connectivity index (χ1) is 7.68. The van der Waals surface area contributed by atoms with Crippen LogP contribution in [0.4, 0.5) is 0 Å². The largest absolute Gasteiger partial charge is 0.358 e. The summed E-state index contributed by atoms with van der Waals surface area (Å²) < 4.78 is 23.2. The standard InChI is InChI=1S/C11H14N2O2S/c1-8-9(6-7-12-16(14)15)10-4-2-3-5-11(10)13-8/h2-5,13,16H,6-7H2,1H3,(H,12,14,15). The molecule has 0 unspecified atom stereocenters. The Morgan fingerprint density at radius 2 is 2.06 bits per heavy atom. The molecule has 0 radical (unpaired) electrons. The molecule has 0 aliphatic carbocycles. The number of aromatic amines is 1. The van der Waals surface area contributed by atoms with Crippen molar-refractivity contribution in [2.45, 2.75) is 13.3 Å². The van der Waals surface area contributed by atoms with Crippen LogP contribution in [-0.4, -0.2) is 19.9 Å². The van der Waals surface area contributed by atoms with Crippen LogP contribution in [0, 0.1) is 6.92 Å². The molecule has 0 amide bonds. The second-order valence-electron chi connectivity index (χ2n) is 3.69. The van der Waals surface area contributed by atoms with Gasteiger partial charge in [-0.25, -0.2) is 13.1 Å². The van der Waals surface area contributed by atoms with Gasteiger partial charge in [-0.1, -0.05) is 18.2 Å². The maximum absolute atomic E-state index is 10.4. The van der Waals surface area contributed by atoms with Crippen LogP contribution < -0.4 is 4.72 Å². The molecule has 2 aromatic rings. The van der Waals surface area contributed by atoms with Gasteiger partial charge in [0.2, 0.25) is 10.9 Å². The van der Waals surface area contributed by atoms with Crippen LogP contribution in [0.25, 0.3) is 10.9 Å². The first-order valence-corrected chi connectivity index (χ1v) is 6.30. The predicted octanol–water partition coefficient (Wildman–Crippen LogP) is 1.13. The fourth-order valence-corrected chi connectivity index (χ4v) is 2.22. The molecule has 0 saturated heterocycles. The van der Waals surface area contributed by atoms with E-state index in [2.05, 4.69) is 9.71 Å². The summed E-state index contributed by atoms with van der Waals surface area (Å²) in [5.41, 5.74) is 3.38. The molecular formula is C11H14N2O2S. The summed E-state index contributed by atoms with van der Waals surface area (Å²) in [5, 5.41) is 1.17. The minimum atomic E-state index is -2.50. The summed E-state index contributed by atoms with van der Waals surface area (Å²) in [6.45, 7) is 2.45. The molecule has 0 spiro atoms. The number of benzene rings is 1. The smallest absolute Gasteiger partial charge is 0.201 e. The van der Waals surface area contributed by atoms with E-state index in [0.717, 1.165) is 11.2 Å². The minimum absolute atomic E-state index is 0.446. The fourth-order valence-electron chi connectivity index (χ4n) is 1.93. The van der Waals surface area contributed by atoms with Crippen molar-refractivity contribution in [1.29, 1.82) is 0 Å². The zero-order chi connectivity index (χ0) is 11.5. The lowest BCUT2D eigenvalue weighted by Gasteiger charge is -1.99. The number of aryl methyl sites for hydroxylation is 1. The summed E-state index contributed by atoms with van der Waals surface area (Å²) in [6.07, 6.45) is 0.708. The van der Waals surface area contributed by atoms with Crippen molar-refractivity contribution in [3.8, 4) is 0 Å². The third kappa shape index (κ3) is 2.25. The predicted molar refractivity (Wildman–Crippen MR) is 65.1 cm³/mol. The Bertz CT molecular complexity index is 564. The third-order valence-electron chi connectivity index (χ3n) is 2.64. The average Bonchev–Trinajstić information content (AvgIpc) is 2.55. The molecule has 0 fully saturated rings. The Morgan fingerprint density at radius 3 is 2.81 bits per heavy atom. The molecule has 0 aliphatic rings. The summed E-state index contributed by atoms with van der Waals surface area (Å²) in [6, 6.07) is 8.04. The van der Waals surface area contributed by atoms with Gasteiger partial charge in [0.25, 0.3) is 0 Å². The van der Waals surface area contributed by atoms with Crippen LogP contribution in [0.15, 0.2) is 24.3 Å². The van der Waals surface area contributed by atoms with E-state index in [0.29, 0.717) is 13.0 Å². The van der Waals surface area contributed by atoms with Crippen LogP contribution in [-0.2, 0) is 17.3 Å². The Hall–Kier alpha value is -1.33. The van der Waals surface area contributed by atoms with Gasteiger partial charge in [0.15, 0.2) is 0 Å². The van der Waals surface area contributed by atoms with E-state index in [9.17, 15) is 8.42 Å². The van der Waals surface area contributed by atoms with Gasteiger partial charge in [0, 0.05) is 23.1 Å². The van der Waals surface area contributed by atoms with E-state index in [1.165, 1.54) is 10.9 Å². The van der Waals surface area contributed by atoms with E-state index in [1.54, 1.807) is 0 Å². The van der Waals surface area contributed by atoms with E-state index in [1.807, 2.05) is 31.2 Å². The lowest BCUT2D eigenvalue weighted by molar-refractivity contribution is 0.602. The molecule has 1 aromatic heterocycles. The van der Waals surface area contributed by atoms with E-state index in [4.69, 9.17) is 0 Å². The fraction of sp³-hybridized carbons (Fsp3) is 0.273. The highest BCUT2D eigenvalue weighted by Crippen LogP contribution is 2.21. The van der Waals surface area contributed by atoms with Gasteiger partial charge < -0.3 is 4.98 Å². The number of hydrogen-bond donors (Lipinski definition) is 3. The molecule has 2 N–H and O–H groups in total. The number of hydrogen-bond acceptors (Lipinski definition) is 2. The quantitative estimate of drug-likeness (QED) is 0.699. The molecule has 1 aromatic carbocycles. The SMILES string of the molecule is Cc1[nH]c2ccccc2c1CCN[SH](=O)=O. The van der Waals surface area contributed by atoms with Crippen molar-refractivity contribution in [2.24, 2.45) is 0 Å². The second-order valence-corrected chi connectivity index (χ2v) is 4.52. The highest BCUT2D eigenvalue weighted by molar-refractivity contribution is 7.70. The van der Waals surface area contributed by atoms with Crippen molar-refractivity contribution < 1.29 is 8.42 Å². The van der Waals surface area contributed by atoms with Gasteiger partial charge in [-0.2, -0.15) is 0 Å². The van der Waals surface area contributed by atoms with Gasteiger partial charge in [-0.05, 0) is 25.0 Å². The first kappa shape index (κ1) is 11.2. The number of thiol groups is 1. The zero-order valence-corrected chi connectivity index (χ0v) is 9.88. The Morgan fingerprint density at radius 1 is 1.31 bits per heavy atom. The molecule has 1 heterocycles. The van der Waals surface area contributed by atoms with Crippen LogP contribution in [0.2, 0.25) is 0 Å². The van der Waals surface area contributed by atoms with Crippen LogP contribution in [0.3, 0.4) is 0 Å². The van der Waals surface area contributed by atoms with Crippen LogP contribution in [0.1, 0.15) is 11.3 Å². The van der Waals surface area contributed by atoms with Crippen molar-refractivity contribution >= 4 is 21.8 Å². The molecule has 0 aliphatic heterocycles. The normalized spacial score (nSPS) is 11.4. The number of para-hydroxylation sites is 1. The molecule has 0 saturated carbocycles. The maximum atomic E-state index is 10.4. The Labute approximate surface area is 95.8 Å². The highest BCUT2D eigenvalue weighted by atomic mass is 32.2. The van der Waals surface area contributed by atoms with Crippen LogP contribution >= 0.6 is 0 Å². The topological polar surface area (TPSA) is 62.0 Å². The van der Waals surface area contributed by atoms with Gasteiger partial charge in [-0.15, -0.1) is 0 Å². The van der Waals surface area contributed by atoms with Gasteiger partial charge >= 0.3 is 0 Å². The van der Waals surface area contributed by atoms with Gasteiger partial charge in [0.05, 0.1) is 0 Å². The Balaban J connectivity index is 2.25. The average molecular weight is 238 g/mol. The molecule has 16 heavy (non-hydrogen) atoms. The van der Waals surface area contributed by atoms with E-state index < -0.39 is 10.9 Å². The van der Waals surface area contributed by atoms with E-state index in [-0.39, 0.29) is 0 Å². The van der Waals surface area contributed by atoms with Gasteiger partial charge in [0.1, 0.15) is 0 Å². The van der Waals surface area contributed by atoms with Crippen molar-refractivity contribution in [3.63, 3.8) is 0 Å². The number of H-pyrrole nitrogens is 1. The maximum Gasteiger partial charge on any atom is 0.201 e. The highest BCUT2D eigenvalue weighted by Gasteiger charge is 2.06. The molecular weight excluding hydrogens is 224 g/mol. The van der Waals surface area contributed by atoms with E-state index >= 15 is 0 Å². The number of fused-ring (bicyclic) bond motifs is 1. The van der Waals surface area contributed by atoms with Crippen molar-refractivity contribution in [2.75, 3.05) is 6.54 Å². The summed E-state index contributed by atoms with van der Waals surface area (Å²) >= 11 is 0. The second kappa shape index (κ2) is 4.67. The lowest BCUT2D eigenvalue weighted by Crippen LogP contribution is -2.14. The molecule has 4 nitrogen and oxygen atoms in total. The lowest BCUT2D eigenvalue weighted by atomic mass is 10.1. The molecule has 0 atom stereocenters. The number of rotatable bonds is 4. The van der Waals surface area contributed by atoms with Gasteiger partial charge in [-0.3, -0.25) is 0 Å². The molecule has 2 rings (SSSR count). The number of nitrogens with one attached hydrogen (secondary N) is 2. The third-order valence-corrected chi connectivity index (χ3v) is 3.12. The zero-order valence-electron chi connectivity index (χ0n) is 8.99. The molecule has 5 heteroatoms. The number of aromatic nitrogens is 1. The molecule has 0 bridgehead atoms. The van der Waals surface area contributed by atoms with Crippen molar-refractivity contribution in [3.05, 3.63) is 35.5 Å². The summed E-state index contributed by atoms with van der Waals surface area (Å²) in [5.74, 6) is 0. The van der Waals surface area contributed by atoms with Crippen LogP contribution in [0.5, 0.6) is 0 Å². The summed E-state index contributed by atoms with van der Waals surface area (Å²) in [7, 11) is -2.50.